The SMILES string of the molecule is Cc1ccc(CC(=O)N2CCN(C(C)C(=O)Nc3ccc(C)c(F)c3)CC2)cc1. The number of anilines is 1. The number of amides is 2. The molecule has 0 spiro atoms. The molecule has 2 aromatic rings. The maximum absolute atomic E-state index is 13.7. The van der Waals surface area contributed by atoms with Gasteiger partial charge >= 0.3 is 0 Å². The van der Waals surface area contributed by atoms with Gasteiger partial charge in [-0.1, -0.05) is 35.9 Å². The lowest BCUT2D eigenvalue weighted by molar-refractivity contribution is -0.133. The Morgan fingerprint density at radius 2 is 1.69 bits per heavy atom. The third kappa shape index (κ3) is 5.41. The zero-order valence-electron chi connectivity index (χ0n) is 17.2. The molecule has 0 aliphatic carbocycles. The van der Waals surface area contributed by atoms with E-state index in [1.54, 1.807) is 19.1 Å². The molecule has 3 rings (SSSR count). The number of hydrogen-bond acceptors (Lipinski definition) is 3. The summed E-state index contributed by atoms with van der Waals surface area (Å²) >= 11 is 0. The van der Waals surface area contributed by atoms with Crippen LogP contribution < -0.4 is 5.32 Å². The van der Waals surface area contributed by atoms with E-state index in [1.165, 1.54) is 11.6 Å². The molecule has 2 aromatic carbocycles. The molecule has 29 heavy (non-hydrogen) atoms. The first kappa shape index (κ1) is 21.0. The van der Waals surface area contributed by atoms with E-state index in [2.05, 4.69) is 10.2 Å². The number of hydrogen-bond donors (Lipinski definition) is 1. The Kier molecular flexibility index (Phi) is 6.64. The van der Waals surface area contributed by atoms with E-state index in [0.29, 0.717) is 43.9 Å². The van der Waals surface area contributed by atoms with Crippen molar-refractivity contribution in [2.24, 2.45) is 0 Å². The smallest absolute Gasteiger partial charge is 0.241 e. The standard InChI is InChI=1S/C23H28FN3O2/c1-16-4-7-19(8-5-16)14-22(28)27-12-10-26(11-13-27)18(3)23(29)25-20-9-6-17(2)21(24)15-20/h4-9,15,18H,10-14H2,1-3H3,(H,25,29). The van der Waals surface area contributed by atoms with Crippen LogP contribution >= 0.6 is 0 Å². The second-order valence-corrected chi connectivity index (χ2v) is 7.71. The molecule has 1 saturated heterocycles. The first-order valence-electron chi connectivity index (χ1n) is 9.98. The van der Waals surface area contributed by atoms with Crippen molar-refractivity contribution >= 4 is 17.5 Å². The van der Waals surface area contributed by atoms with Gasteiger partial charge < -0.3 is 10.2 Å². The molecule has 1 unspecified atom stereocenters. The van der Waals surface area contributed by atoms with Gasteiger partial charge in [0.15, 0.2) is 0 Å². The van der Waals surface area contributed by atoms with Gasteiger partial charge in [-0.05, 0) is 44.0 Å². The molecule has 1 N–H and O–H groups in total. The third-order valence-electron chi connectivity index (χ3n) is 5.51. The van der Waals surface area contributed by atoms with Gasteiger partial charge in [-0.15, -0.1) is 0 Å². The highest BCUT2D eigenvalue weighted by atomic mass is 19.1. The average molecular weight is 397 g/mol. The average Bonchev–Trinajstić information content (AvgIpc) is 2.72. The molecule has 2 amide bonds. The fourth-order valence-electron chi connectivity index (χ4n) is 3.43. The van der Waals surface area contributed by atoms with Crippen LogP contribution in [-0.4, -0.2) is 53.8 Å². The summed E-state index contributed by atoms with van der Waals surface area (Å²) in [6, 6.07) is 12.3. The topological polar surface area (TPSA) is 52.7 Å². The molecule has 0 aromatic heterocycles. The van der Waals surface area contributed by atoms with E-state index >= 15 is 0 Å². The summed E-state index contributed by atoms with van der Waals surface area (Å²) in [5, 5.41) is 2.78. The van der Waals surface area contributed by atoms with Gasteiger partial charge in [0.2, 0.25) is 11.8 Å². The summed E-state index contributed by atoms with van der Waals surface area (Å²) < 4.78 is 13.7. The zero-order chi connectivity index (χ0) is 21.0. The molecule has 1 atom stereocenters. The summed E-state index contributed by atoms with van der Waals surface area (Å²) in [5.41, 5.74) is 3.19. The molecular weight excluding hydrogens is 369 g/mol. The molecule has 1 fully saturated rings. The van der Waals surface area contributed by atoms with Crippen LogP contribution in [-0.2, 0) is 16.0 Å². The van der Waals surface area contributed by atoms with E-state index in [-0.39, 0.29) is 23.7 Å². The molecule has 1 aliphatic rings. The Balaban J connectivity index is 1.49. The number of nitrogens with one attached hydrogen (secondary N) is 1. The van der Waals surface area contributed by atoms with Crippen molar-refractivity contribution in [1.29, 1.82) is 0 Å². The van der Waals surface area contributed by atoms with E-state index in [0.717, 1.165) is 5.56 Å². The number of carbonyl (C=O) groups is 2. The van der Waals surface area contributed by atoms with Gasteiger partial charge in [-0.3, -0.25) is 14.5 Å². The minimum absolute atomic E-state index is 0.112. The Hall–Kier alpha value is -2.73. The van der Waals surface area contributed by atoms with Gasteiger partial charge in [-0.25, -0.2) is 4.39 Å². The number of nitrogens with zero attached hydrogens (tertiary/aromatic N) is 2. The van der Waals surface area contributed by atoms with E-state index in [9.17, 15) is 14.0 Å². The fraction of sp³-hybridized carbons (Fsp3) is 0.391. The lowest BCUT2D eigenvalue weighted by atomic mass is 10.1. The number of aryl methyl sites for hydroxylation is 2. The molecule has 1 heterocycles. The molecular formula is C23H28FN3O2. The fourth-order valence-corrected chi connectivity index (χ4v) is 3.43. The van der Waals surface area contributed by atoms with E-state index in [1.807, 2.05) is 43.0 Å². The summed E-state index contributed by atoms with van der Waals surface area (Å²) in [6.07, 6.45) is 0.398. The zero-order valence-corrected chi connectivity index (χ0v) is 17.2. The number of rotatable bonds is 5. The minimum Gasteiger partial charge on any atom is -0.340 e. The number of benzene rings is 2. The van der Waals surface area contributed by atoms with E-state index in [4.69, 9.17) is 0 Å². The molecule has 0 radical (unpaired) electrons. The quantitative estimate of drug-likeness (QED) is 0.843. The van der Waals surface area contributed by atoms with Crippen LogP contribution in [0, 0.1) is 19.7 Å². The number of carbonyl (C=O) groups excluding carboxylic acids is 2. The van der Waals surface area contributed by atoms with Gasteiger partial charge in [0.05, 0.1) is 12.5 Å². The Morgan fingerprint density at radius 3 is 2.31 bits per heavy atom. The minimum atomic E-state index is -0.353. The van der Waals surface area contributed by atoms with Crippen LogP contribution in [0.1, 0.15) is 23.6 Å². The van der Waals surface area contributed by atoms with Gasteiger partial charge in [-0.2, -0.15) is 0 Å². The monoisotopic (exact) mass is 397 g/mol. The van der Waals surface area contributed by atoms with E-state index < -0.39 is 0 Å². The second-order valence-electron chi connectivity index (χ2n) is 7.71. The number of halogens is 1. The van der Waals surface area contributed by atoms with Crippen LogP contribution in [0.2, 0.25) is 0 Å². The summed E-state index contributed by atoms with van der Waals surface area (Å²) in [7, 11) is 0. The highest BCUT2D eigenvalue weighted by Gasteiger charge is 2.27. The molecule has 5 nitrogen and oxygen atoms in total. The maximum Gasteiger partial charge on any atom is 0.241 e. The van der Waals surface area contributed by atoms with Crippen molar-refractivity contribution in [2.75, 3.05) is 31.5 Å². The van der Waals surface area contributed by atoms with Crippen molar-refractivity contribution in [3.8, 4) is 0 Å². The van der Waals surface area contributed by atoms with Crippen molar-refractivity contribution in [2.45, 2.75) is 33.2 Å². The van der Waals surface area contributed by atoms with Gasteiger partial charge in [0, 0.05) is 31.9 Å². The lowest BCUT2D eigenvalue weighted by Gasteiger charge is -2.37. The lowest BCUT2D eigenvalue weighted by Crippen LogP contribution is -2.54. The highest BCUT2D eigenvalue weighted by Crippen LogP contribution is 2.15. The van der Waals surface area contributed by atoms with Crippen molar-refractivity contribution < 1.29 is 14.0 Å². The highest BCUT2D eigenvalue weighted by molar-refractivity contribution is 5.94. The first-order valence-corrected chi connectivity index (χ1v) is 9.98. The summed E-state index contributed by atoms with van der Waals surface area (Å²) in [6.45, 7) is 8.01. The molecule has 0 saturated carbocycles. The van der Waals surface area contributed by atoms with Crippen LogP contribution in [0.25, 0.3) is 0 Å². The Bertz CT molecular complexity index is 874. The Morgan fingerprint density at radius 1 is 1.03 bits per heavy atom. The summed E-state index contributed by atoms with van der Waals surface area (Å²) in [5.74, 6) is -0.399. The van der Waals surface area contributed by atoms with Gasteiger partial charge in [0.1, 0.15) is 5.82 Å². The largest absolute Gasteiger partial charge is 0.340 e. The van der Waals surface area contributed by atoms with Crippen molar-refractivity contribution in [1.82, 2.24) is 9.80 Å². The van der Waals surface area contributed by atoms with Gasteiger partial charge in [0.25, 0.3) is 0 Å². The molecule has 6 heteroatoms. The van der Waals surface area contributed by atoms with Crippen molar-refractivity contribution in [3.63, 3.8) is 0 Å². The predicted octanol–water partition coefficient (Wildman–Crippen LogP) is 3.16. The maximum atomic E-state index is 13.7. The van der Waals surface area contributed by atoms with Crippen LogP contribution in [0.4, 0.5) is 10.1 Å². The van der Waals surface area contributed by atoms with Crippen molar-refractivity contribution in [3.05, 3.63) is 65.0 Å². The van der Waals surface area contributed by atoms with Crippen LogP contribution in [0.5, 0.6) is 0 Å². The second kappa shape index (κ2) is 9.18. The molecule has 0 bridgehead atoms. The Labute approximate surface area is 171 Å². The number of piperazine rings is 1. The third-order valence-corrected chi connectivity index (χ3v) is 5.51. The predicted molar refractivity (Wildman–Crippen MR) is 112 cm³/mol. The normalized spacial score (nSPS) is 15.8. The summed E-state index contributed by atoms with van der Waals surface area (Å²) in [4.78, 5) is 29.0. The molecule has 1 aliphatic heterocycles. The molecule has 154 valence electrons. The first-order chi connectivity index (χ1) is 13.8. The van der Waals surface area contributed by atoms with Crippen LogP contribution in [0.3, 0.4) is 0 Å². The van der Waals surface area contributed by atoms with Crippen LogP contribution in [0.15, 0.2) is 42.5 Å².